The lowest BCUT2D eigenvalue weighted by atomic mass is 10.0. The molecule has 0 fully saturated rings. The smallest absolute Gasteiger partial charge is 0.305 e. The van der Waals surface area contributed by atoms with Crippen molar-refractivity contribution in [1.29, 1.82) is 0 Å². The van der Waals surface area contributed by atoms with Crippen molar-refractivity contribution in [3.05, 3.63) is 48.6 Å². The van der Waals surface area contributed by atoms with Crippen LogP contribution < -0.4 is 5.32 Å². The molecule has 0 aliphatic rings. The molecular weight excluding hydrogens is 995 g/mol. The number of aliphatic hydroxyl groups excluding tert-OH is 2. The van der Waals surface area contributed by atoms with Crippen molar-refractivity contribution in [3.8, 4) is 0 Å². The summed E-state index contributed by atoms with van der Waals surface area (Å²) >= 11 is 0. The molecule has 0 radical (unpaired) electrons. The van der Waals surface area contributed by atoms with Gasteiger partial charge in [-0.1, -0.05) is 339 Å². The van der Waals surface area contributed by atoms with E-state index in [1.54, 1.807) is 6.08 Å². The molecule has 0 saturated heterocycles. The number of ether oxygens (including phenoxy) is 1. The van der Waals surface area contributed by atoms with Crippen molar-refractivity contribution in [2.45, 2.75) is 405 Å². The Bertz CT molecular complexity index is 1360. The first kappa shape index (κ1) is 78.8. The van der Waals surface area contributed by atoms with E-state index < -0.39 is 12.1 Å². The van der Waals surface area contributed by atoms with Crippen molar-refractivity contribution in [3.63, 3.8) is 0 Å². The number of carbonyl (C=O) groups is 2. The molecule has 0 saturated carbocycles. The fraction of sp³-hybridized carbons (Fsp3) is 0.867. The van der Waals surface area contributed by atoms with Gasteiger partial charge in [-0.2, -0.15) is 0 Å². The lowest BCUT2D eigenvalue weighted by Crippen LogP contribution is -2.45. The molecule has 0 aromatic rings. The monoisotopic (exact) mass is 1140 g/mol. The molecule has 0 bridgehead atoms. The second kappa shape index (κ2) is 70.3. The normalized spacial score (nSPS) is 12.8. The summed E-state index contributed by atoms with van der Waals surface area (Å²) < 4.78 is 5.50. The van der Waals surface area contributed by atoms with E-state index >= 15 is 0 Å². The van der Waals surface area contributed by atoms with Gasteiger partial charge in [0.2, 0.25) is 5.91 Å². The summed E-state index contributed by atoms with van der Waals surface area (Å²) in [5, 5.41) is 23.2. The van der Waals surface area contributed by atoms with Gasteiger partial charge in [0.1, 0.15) is 0 Å². The molecule has 0 aromatic heterocycles. The van der Waals surface area contributed by atoms with Crippen molar-refractivity contribution in [2.24, 2.45) is 0 Å². The Morgan fingerprint density at radius 1 is 0.346 bits per heavy atom. The van der Waals surface area contributed by atoms with E-state index in [0.717, 1.165) is 51.4 Å². The minimum absolute atomic E-state index is 0.00767. The van der Waals surface area contributed by atoms with Crippen LogP contribution in [-0.2, 0) is 14.3 Å². The number of carbonyl (C=O) groups excluding carboxylic acids is 2. The molecule has 0 rings (SSSR count). The molecule has 2 unspecified atom stereocenters. The third kappa shape index (κ3) is 66.8. The van der Waals surface area contributed by atoms with E-state index in [4.69, 9.17) is 4.74 Å². The Morgan fingerprint density at radius 3 is 0.951 bits per heavy atom. The van der Waals surface area contributed by atoms with Crippen LogP contribution in [0.3, 0.4) is 0 Å². The van der Waals surface area contributed by atoms with Crippen LogP contribution in [0.2, 0.25) is 0 Å². The molecule has 1 amide bonds. The van der Waals surface area contributed by atoms with Crippen LogP contribution in [0, 0.1) is 0 Å². The van der Waals surface area contributed by atoms with Crippen LogP contribution in [0.25, 0.3) is 0 Å². The number of unbranched alkanes of at least 4 members (excludes halogenated alkanes) is 51. The largest absolute Gasteiger partial charge is 0.466 e. The van der Waals surface area contributed by atoms with Crippen LogP contribution in [-0.4, -0.2) is 47.4 Å². The number of aliphatic hydroxyl groups is 2. The maximum absolute atomic E-state index is 12.5. The average Bonchev–Trinajstić information content (AvgIpc) is 3.47. The van der Waals surface area contributed by atoms with E-state index in [9.17, 15) is 19.8 Å². The number of hydrogen-bond acceptors (Lipinski definition) is 5. The maximum Gasteiger partial charge on any atom is 0.305 e. The van der Waals surface area contributed by atoms with Crippen molar-refractivity contribution < 1.29 is 24.5 Å². The Kier molecular flexibility index (Phi) is 68.4. The minimum atomic E-state index is -0.848. The fourth-order valence-electron chi connectivity index (χ4n) is 11.3. The molecule has 0 aliphatic heterocycles. The zero-order valence-corrected chi connectivity index (χ0v) is 54.5. The summed E-state index contributed by atoms with van der Waals surface area (Å²) in [7, 11) is 0. The Balaban J connectivity index is 3.43. The Hall–Kier alpha value is -2.18. The van der Waals surface area contributed by atoms with Crippen LogP contribution in [0.1, 0.15) is 393 Å². The predicted octanol–water partition coefficient (Wildman–Crippen LogP) is 23.6. The van der Waals surface area contributed by atoms with E-state index in [1.165, 1.54) is 315 Å². The standard InChI is InChI=1S/C75H141NO5/c1-3-5-7-9-11-13-15-17-19-21-32-35-39-43-47-51-55-59-63-67-73(78)72(71-77)76-74(79)68-64-60-56-52-48-44-40-36-33-30-28-26-24-23-25-27-29-31-34-38-42-46-50-54-58-62-66-70-81-75(80)69-65-61-57-53-49-45-41-37-22-20-18-16-14-12-10-8-6-4-2/h20,22-24,27,29,63,67,72-73,77-78H,3-19,21,25-26,28,30-62,64-66,68-71H2,1-2H3,(H,76,79)/b22-20-,24-23-,29-27-,67-63+. The number of allylic oxidation sites excluding steroid dienone is 7. The maximum atomic E-state index is 12.5. The van der Waals surface area contributed by atoms with Crippen molar-refractivity contribution in [2.75, 3.05) is 13.2 Å². The second-order valence-corrected chi connectivity index (χ2v) is 24.9. The summed E-state index contributed by atoms with van der Waals surface area (Å²) in [5.41, 5.74) is 0. The number of rotatable bonds is 68. The first-order valence-electron chi connectivity index (χ1n) is 36.4. The van der Waals surface area contributed by atoms with Crippen LogP contribution >= 0.6 is 0 Å². The molecule has 476 valence electrons. The van der Waals surface area contributed by atoms with Gasteiger partial charge in [-0.25, -0.2) is 0 Å². The summed E-state index contributed by atoms with van der Waals surface area (Å²) in [6.07, 6.45) is 91.9. The number of nitrogens with one attached hydrogen (secondary N) is 1. The van der Waals surface area contributed by atoms with E-state index in [-0.39, 0.29) is 18.5 Å². The summed E-state index contributed by atoms with van der Waals surface area (Å²) in [6, 6.07) is -0.632. The molecule has 0 heterocycles. The summed E-state index contributed by atoms with van der Waals surface area (Å²) in [4.78, 5) is 24.6. The highest BCUT2D eigenvalue weighted by Gasteiger charge is 2.18. The first-order valence-corrected chi connectivity index (χ1v) is 36.4. The molecule has 3 N–H and O–H groups in total. The average molecular weight is 1140 g/mol. The van der Waals surface area contributed by atoms with Gasteiger partial charge >= 0.3 is 5.97 Å². The zero-order chi connectivity index (χ0) is 58.5. The van der Waals surface area contributed by atoms with E-state index in [1.807, 2.05) is 6.08 Å². The van der Waals surface area contributed by atoms with Crippen LogP contribution in [0.4, 0.5) is 0 Å². The van der Waals surface area contributed by atoms with Gasteiger partial charge in [-0.05, 0) is 89.9 Å². The number of amides is 1. The molecule has 0 aromatic carbocycles. The molecule has 81 heavy (non-hydrogen) atoms. The van der Waals surface area contributed by atoms with Crippen molar-refractivity contribution >= 4 is 11.9 Å². The molecule has 0 aliphatic carbocycles. The first-order chi connectivity index (χ1) is 40.0. The van der Waals surface area contributed by atoms with Gasteiger partial charge in [-0.15, -0.1) is 0 Å². The number of hydrogen-bond donors (Lipinski definition) is 3. The molecule has 6 heteroatoms. The van der Waals surface area contributed by atoms with Gasteiger partial charge in [0.05, 0.1) is 25.4 Å². The SMILES string of the molecule is CCCCCCCCC/C=C\CCCCCCCCCC(=O)OCCCCCCCCCCC/C=C\C/C=C\CCCCCCCCCCCCCC(=O)NC(CO)C(O)/C=C/CCCCCCCCCCCCCCCCCCC. The van der Waals surface area contributed by atoms with E-state index in [0.29, 0.717) is 19.4 Å². The highest BCUT2D eigenvalue weighted by Crippen LogP contribution is 2.18. The molecule has 2 atom stereocenters. The van der Waals surface area contributed by atoms with Gasteiger partial charge in [-0.3, -0.25) is 9.59 Å². The van der Waals surface area contributed by atoms with Gasteiger partial charge in [0.25, 0.3) is 0 Å². The minimum Gasteiger partial charge on any atom is -0.466 e. The highest BCUT2D eigenvalue weighted by molar-refractivity contribution is 5.76. The zero-order valence-electron chi connectivity index (χ0n) is 54.5. The third-order valence-electron chi connectivity index (χ3n) is 16.8. The molecule has 0 spiro atoms. The number of esters is 1. The summed E-state index contributed by atoms with van der Waals surface area (Å²) in [6.45, 7) is 4.93. The van der Waals surface area contributed by atoms with Crippen molar-refractivity contribution in [1.82, 2.24) is 5.32 Å². The van der Waals surface area contributed by atoms with Gasteiger partial charge in [0.15, 0.2) is 0 Å². The lowest BCUT2D eigenvalue weighted by Gasteiger charge is -2.20. The lowest BCUT2D eigenvalue weighted by molar-refractivity contribution is -0.143. The second-order valence-electron chi connectivity index (χ2n) is 24.9. The topological polar surface area (TPSA) is 95.9 Å². The fourth-order valence-corrected chi connectivity index (χ4v) is 11.3. The predicted molar refractivity (Wildman–Crippen MR) is 356 cm³/mol. The highest BCUT2D eigenvalue weighted by atomic mass is 16.5. The Morgan fingerprint density at radius 2 is 0.617 bits per heavy atom. The van der Waals surface area contributed by atoms with Gasteiger partial charge in [0, 0.05) is 12.8 Å². The summed E-state index contributed by atoms with van der Waals surface area (Å²) in [5.74, 6) is -0.0607. The van der Waals surface area contributed by atoms with E-state index in [2.05, 4.69) is 55.6 Å². The molecular formula is C75H141NO5. The van der Waals surface area contributed by atoms with Gasteiger partial charge < -0.3 is 20.3 Å². The van der Waals surface area contributed by atoms with Crippen LogP contribution in [0.15, 0.2) is 48.6 Å². The quantitative estimate of drug-likeness (QED) is 0.0320. The molecule has 6 nitrogen and oxygen atoms in total. The third-order valence-corrected chi connectivity index (χ3v) is 16.8. The van der Waals surface area contributed by atoms with Crippen LogP contribution in [0.5, 0.6) is 0 Å². The Labute approximate surface area is 506 Å².